The average Bonchev–Trinajstić information content (AvgIpc) is 3.40. The molecule has 8 nitrogen and oxygen atoms in total. The third kappa shape index (κ3) is 4.76. The van der Waals surface area contributed by atoms with Crippen LogP contribution < -0.4 is 10.6 Å². The fourth-order valence-corrected chi connectivity index (χ4v) is 3.85. The van der Waals surface area contributed by atoms with Crippen molar-refractivity contribution in [3.8, 4) is 0 Å². The second-order valence-corrected chi connectivity index (χ2v) is 7.73. The van der Waals surface area contributed by atoms with E-state index in [0.717, 1.165) is 36.2 Å². The fraction of sp³-hybridized carbons (Fsp3) is 0.364. The highest BCUT2D eigenvalue weighted by Gasteiger charge is 2.25. The Balaban J connectivity index is 1.37. The molecule has 2 aromatic heterocycles. The van der Waals surface area contributed by atoms with Gasteiger partial charge in [0.2, 0.25) is 5.91 Å². The van der Waals surface area contributed by atoms with Gasteiger partial charge in [0.25, 0.3) is 5.91 Å². The number of nitrogens with one attached hydrogen (secondary N) is 2. The molecule has 1 aliphatic heterocycles. The first kappa shape index (κ1) is 19.9. The van der Waals surface area contributed by atoms with Crippen LogP contribution in [0.4, 0.5) is 0 Å². The average molecular weight is 406 g/mol. The maximum absolute atomic E-state index is 12.8. The molecular formula is C22H26N6O2. The third-order valence-corrected chi connectivity index (χ3v) is 5.41. The van der Waals surface area contributed by atoms with E-state index < -0.39 is 0 Å². The van der Waals surface area contributed by atoms with E-state index in [1.165, 1.54) is 6.92 Å². The lowest BCUT2D eigenvalue weighted by Crippen LogP contribution is -2.33. The molecule has 4 rings (SSSR count). The Bertz CT molecular complexity index is 1020. The lowest BCUT2D eigenvalue weighted by molar-refractivity contribution is -0.119. The van der Waals surface area contributed by atoms with Crippen molar-refractivity contribution < 1.29 is 9.59 Å². The van der Waals surface area contributed by atoms with Crippen molar-refractivity contribution in [3.05, 3.63) is 71.3 Å². The van der Waals surface area contributed by atoms with Crippen molar-refractivity contribution in [3.63, 3.8) is 0 Å². The summed E-state index contributed by atoms with van der Waals surface area (Å²) in [7, 11) is 0. The minimum Gasteiger partial charge on any atom is -0.356 e. The molecule has 0 aliphatic carbocycles. The van der Waals surface area contributed by atoms with Gasteiger partial charge in [0.1, 0.15) is 0 Å². The number of nitrogens with zero attached hydrogens (tertiary/aromatic N) is 4. The molecule has 0 saturated heterocycles. The van der Waals surface area contributed by atoms with Crippen LogP contribution in [0.15, 0.2) is 48.9 Å². The Kier molecular flexibility index (Phi) is 5.92. The van der Waals surface area contributed by atoms with Crippen LogP contribution in [0.2, 0.25) is 0 Å². The van der Waals surface area contributed by atoms with Crippen molar-refractivity contribution in [2.24, 2.45) is 5.92 Å². The van der Waals surface area contributed by atoms with E-state index in [2.05, 4.69) is 33.0 Å². The number of hydrogen-bond acceptors (Lipinski definition) is 4. The van der Waals surface area contributed by atoms with Crippen LogP contribution >= 0.6 is 0 Å². The number of aromatic nitrogens is 4. The number of rotatable bonds is 7. The monoisotopic (exact) mass is 406 g/mol. The molecule has 30 heavy (non-hydrogen) atoms. The summed E-state index contributed by atoms with van der Waals surface area (Å²) in [5.41, 5.74) is 3.74. The molecule has 156 valence electrons. The van der Waals surface area contributed by atoms with E-state index in [0.29, 0.717) is 31.1 Å². The molecule has 1 aliphatic rings. The zero-order valence-corrected chi connectivity index (χ0v) is 17.0. The molecule has 0 saturated carbocycles. The maximum Gasteiger partial charge on any atom is 0.255 e. The van der Waals surface area contributed by atoms with Gasteiger partial charge >= 0.3 is 0 Å². The highest BCUT2D eigenvalue weighted by atomic mass is 16.2. The minimum atomic E-state index is -0.117. The largest absolute Gasteiger partial charge is 0.356 e. The van der Waals surface area contributed by atoms with E-state index >= 15 is 0 Å². The second kappa shape index (κ2) is 8.94. The minimum absolute atomic E-state index is 0.0261. The molecular weight excluding hydrogens is 380 g/mol. The van der Waals surface area contributed by atoms with Crippen LogP contribution in [-0.4, -0.2) is 37.9 Å². The molecule has 0 fully saturated rings. The Hall–Kier alpha value is -3.42. The number of carbonyl (C=O) groups excluding carboxylic acids is 2. The fourth-order valence-electron chi connectivity index (χ4n) is 3.85. The SMILES string of the molecule is CC(=O)NCC1CCn2ncc(C(=O)NCc3cccc(Cn4cccn4)c3)c2C1. The quantitative estimate of drug-likeness (QED) is 0.625. The normalized spacial score (nSPS) is 15.4. The standard InChI is InChI=1S/C22H26N6O2/c1-16(29)23-12-18-6-9-28-21(11-18)20(14-26-28)22(30)24-13-17-4-2-5-19(10-17)15-27-8-3-7-25-27/h2-5,7-8,10,14,18H,6,9,11-13,15H2,1H3,(H,23,29)(H,24,30). The lowest BCUT2D eigenvalue weighted by Gasteiger charge is -2.24. The van der Waals surface area contributed by atoms with Crippen molar-refractivity contribution in [1.82, 2.24) is 30.2 Å². The predicted molar refractivity (Wildman–Crippen MR) is 112 cm³/mol. The van der Waals surface area contributed by atoms with Crippen LogP contribution in [0.25, 0.3) is 0 Å². The maximum atomic E-state index is 12.8. The van der Waals surface area contributed by atoms with Gasteiger partial charge in [-0.2, -0.15) is 10.2 Å². The topological polar surface area (TPSA) is 93.8 Å². The first-order valence-electron chi connectivity index (χ1n) is 10.2. The van der Waals surface area contributed by atoms with Gasteiger partial charge in [-0.05, 0) is 36.0 Å². The van der Waals surface area contributed by atoms with Crippen LogP contribution in [0, 0.1) is 5.92 Å². The Morgan fingerprint density at radius 3 is 2.83 bits per heavy atom. The molecule has 0 bridgehead atoms. The van der Waals surface area contributed by atoms with Gasteiger partial charge in [0, 0.05) is 39.0 Å². The van der Waals surface area contributed by atoms with E-state index in [1.807, 2.05) is 33.8 Å². The summed E-state index contributed by atoms with van der Waals surface area (Å²) in [6.07, 6.45) is 7.02. The molecule has 3 aromatic rings. The molecule has 0 radical (unpaired) electrons. The highest BCUT2D eigenvalue weighted by Crippen LogP contribution is 2.22. The zero-order chi connectivity index (χ0) is 20.9. The van der Waals surface area contributed by atoms with Crippen LogP contribution in [0.1, 0.15) is 40.5 Å². The molecule has 1 atom stereocenters. The van der Waals surface area contributed by atoms with Gasteiger partial charge in [-0.25, -0.2) is 0 Å². The summed E-state index contributed by atoms with van der Waals surface area (Å²) in [6, 6.07) is 10.0. The molecule has 3 heterocycles. The van der Waals surface area contributed by atoms with Gasteiger partial charge in [0.15, 0.2) is 0 Å². The summed E-state index contributed by atoms with van der Waals surface area (Å²) >= 11 is 0. The highest BCUT2D eigenvalue weighted by molar-refractivity contribution is 5.95. The van der Waals surface area contributed by atoms with Crippen molar-refractivity contribution in [1.29, 1.82) is 0 Å². The number of fused-ring (bicyclic) bond motifs is 1. The Morgan fingerprint density at radius 1 is 1.17 bits per heavy atom. The van der Waals surface area contributed by atoms with Gasteiger partial charge in [0.05, 0.1) is 24.0 Å². The molecule has 1 aromatic carbocycles. The Labute approximate surface area is 175 Å². The van der Waals surface area contributed by atoms with Crippen LogP contribution in [0.3, 0.4) is 0 Å². The molecule has 8 heteroatoms. The van der Waals surface area contributed by atoms with E-state index in [4.69, 9.17) is 0 Å². The molecule has 2 amide bonds. The van der Waals surface area contributed by atoms with Gasteiger partial charge < -0.3 is 10.6 Å². The molecule has 0 spiro atoms. The predicted octanol–water partition coefficient (Wildman–Crippen LogP) is 1.76. The zero-order valence-electron chi connectivity index (χ0n) is 17.0. The van der Waals surface area contributed by atoms with E-state index in [1.54, 1.807) is 12.4 Å². The van der Waals surface area contributed by atoms with Crippen molar-refractivity contribution in [2.45, 2.75) is 39.4 Å². The summed E-state index contributed by atoms with van der Waals surface area (Å²) in [6.45, 7) is 4.07. The first-order valence-corrected chi connectivity index (χ1v) is 10.2. The smallest absolute Gasteiger partial charge is 0.255 e. The van der Waals surface area contributed by atoms with Crippen LogP contribution in [-0.2, 0) is 30.8 Å². The van der Waals surface area contributed by atoms with Gasteiger partial charge in [-0.1, -0.05) is 24.3 Å². The molecule has 2 N–H and O–H groups in total. The second-order valence-electron chi connectivity index (χ2n) is 7.73. The summed E-state index contributed by atoms with van der Waals surface area (Å²) in [5.74, 6) is 0.180. The summed E-state index contributed by atoms with van der Waals surface area (Å²) in [4.78, 5) is 24.0. The van der Waals surface area contributed by atoms with Crippen molar-refractivity contribution >= 4 is 11.8 Å². The Morgan fingerprint density at radius 2 is 2.03 bits per heavy atom. The van der Waals surface area contributed by atoms with Crippen LogP contribution in [0.5, 0.6) is 0 Å². The number of aryl methyl sites for hydroxylation is 1. The third-order valence-electron chi connectivity index (χ3n) is 5.41. The van der Waals surface area contributed by atoms with E-state index in [9.17, 15) is 9.59 Å². The summed E-state index contributed by atoms with van der Waals surface area (Å²) in [5, 5.41) is 14.5. The number of hydrogen-bond donors (Lipinski definition) is 2. The van der Waals surface area contributed by atoms with Gasteiger partial charge in [-0.3, -0.25) is 19.0 Å². The number of amides is 2. The van der Waals surface area contributed by atoms with Gasteiger partial charge in [-0.15, -0.1) is 0 Å². The lowest BCUT2D eigenvalue weighted by atomic mass is 9.94. The van der Waals surface area contributed by atoms with E-state index in [-0.39, 0.29) is 11.8 Å². The number of carbonyl (C=O) groups is 2. The first-order chi connectivity index (χ1) is 14.6. The summed E-state index contributed by atoms with van der Waals surface area (Å²) < 4.78 is 3.78. The van der Waals surface area contributed by atoms with Crippen molar-refractivity contribution in [2.75, 3.05) is 6.54 Å². The molecule has 1 unspecified atom stereocenters. The number of benzene rings is 1.